The van der Waals surface area contributed by atoms with Crippen molar-refractivity contribution in [2.24, 2.45) is 0 Å². The van der Waals surface area contributed by atoms with Crippen LogP contribution >= 0.6 is 27.5 Å². The van der Waals surface area contributed by atoms with Crippen molar-refractivity contribution in [3.63, 3.8) is 0 Å². The molecule has 2 rings (SSSR count). The van der Waals surface area contributed by atoms with Crippen LogP contribution in [0.3, 0.4) is 0 Å². The Morgan fingerprint density at radius 3 is 2.16 bits per heavy atom. The van der Waals surface area contributed by atoms with E-state index < -0.39 is 18.5 Å². The molecule has 0 unspecified atom stereocenters. The van der Waals surface area contributed by atoms with E-state index in [4.69, 9.17) is 25.8 Å². The molecule has 1 N–H and O–H groups in total. The van der Waals surface area contributed by atoms with Gasteiger partial charge < -0.3 is 19.5 Å². The van der Waals surface area contributed by atoms with Crippen molar-refractivity contribution in [2.45, 2.75) is 0 Å². The molecule has 0 aliphatic rings. The number of hydrogen-bond donors (Lipinski definition) is 1. The number of carbonyl (C=O) groups is 2. The molecule has 2 aromatic carbocycles. The summed E-state index contributed by atoms with van der Waals surface area (Å²) >= 11 is 9.09. The van der Waals surface area contributed by atoms with Gasteiger partial charge in [0.25, 0.3) is 5.91 Å². The number of anilines is 1. The molecule has 0 aromatic heterocycles. The van der Waals surface area contributed by atoms with Gasteiger partial charge >= 0.3 is 5.97 Å². The highest BCUT2D eigenvalue weighted by Gasteiger charge is 2.16. The van der Waals surface area contributed by atoms with Gasteiger partial charge in [-0.2, -0.15) is 0 Å². The van der Waals surface area contributed by atoms with Crippen molar-refractivity contribution in [3.05, 3.63) is 51.5 Å². The lowest BCUT2D eigenvalue weighted by Gasteiger charge is -2.11. The fourth-order valence-corrected chi connectivity index (χ4v) is 2.61. The number of carbonyl (C=O) groups excluding carboxylic acids is 2. The normalized spacial score (nSPS) is 10.1. The Bertz CT molecular complexity index is 754. The standard InChI is InChI=1S/C17H15BrClNO5/c1-23-13-7-10(8-14(24-2)16(13)18)17(22)25-9-15(21)20-12-5-3-11(19)4-6-12/h3-8H,9H2,1-2H3,(H,20,21). The first-order chi connectivity index (χ1) is 11.9. The minimum atomic E-state index is -0.671. The zero-order chi connectivity index (χ0) is 18.4. The third kappa shape index (κ3) is 5.11. The minimum absolute atomic E-state index is 0.205. The van der Waals surface area contributed by atoms with Gasteiger partial charge in [-0.05, 0) is 52.3 Å². The Morgan fingerprint density at radius 1 is 1.08 bits per heavy atom. The number of esters is 1. The predicted molar refractivity (Wildman–Crippen MR) is 97.6 cm³/mol. The molecular formula is C17H15BrClNO5. The van der Waals surface area contributed by atoms with Crippen LogP contribution in [0.1, 0.15) is 10.4 Å². The van der Waals surface area contributed by atoms with Crippen LogP contribution in [-0.4, -0.2) is 32.7 Å². The molecule has 8 heteroatoms. The quantitative estimate of drug-likeness (QED) is 0.706. The average molecular weight is 429 g/mol. The molecule has 0 radical (unpaired) electrons. The van der Waals surface area contributed by atoms with Crippen LogP contribution < -0.4 is 14.8 Å². The first kappa shape index (κ1) is 19.1. The fraction of sp³-hybridized carbons (Fsp3) is 0.176. The number of benzene rings is 2. The third-order valence-electron chi connectivity index (χ3n) is 3.14. The Kier molecular flexibility index (Phi) is 6.66. The third-order valence-corrected chi connectivity index (χ3v) is 4.18. The highest BCUT2D eigenvalue weighted by Crippen LogP contribution is 2.35. The molecule has 2 aromatic rings. The zero-order valence-corrected chi connectivity index (χ0v) is 15.8. The molecule has 0 aliphatic carbocycles. The van der Waals surface area contributed by atoms with Gasteiger partial charge in [0.1, 0.15) is 16.0 Å². The van der Waals surface area contributed by atoms with Gasteiger partial charge in [0.05, 0.1) is 19.8 Å². The first-order valence-corrected chi connectivity index (χ1v) is 8.25. The van der Waals surface area contributed by atoms with Crippen LogP contribution in [0.25, 0.3) is 0 Å². The number of ether oxygens (including phenoxy) is 3. The Morgan fingerprint density at radius 2 is 1.64 bits per heavy atom. The van der Waals surface area contributed by atoms with Crippen LogP contribution in [0.2, 0.25) is 5.02 Å². The summed E-state index contributed by atoms with van der Waals surface area (Å²) in [6, 6.07) is 9.56. The van der Waals surface area contributed by atoms with Crippen LogP contribution in [0.5, 0.6) is 11.5 Å². The van der Waals surface area contributed by atoms with Crippen molar-refractivity contribution >= 4 is 45.1 Å². The summed E-state index contributed by atoms with van der Waals surface area (Å²) in [6.45, 7) is -0.428. The molecule has 0 aliphatic heterocycles. The van der Waals surface area contributed by atoms with E-state index in [0.29, 0.717) is 26.7 Å². The van der Waals surface area contributed by atoms with E-state index in [1.165, 1.54) is 26.4 Å². The lowest BCUT2D eigenvalue weighted by atomic mass is 10.2. The molecule has 0 spiro atoms. The maximum Gasteiger partial charge on any atom is 0.338 e. The van der Waals surface area contributed by atoms with Gasteiger partial charge in [0.15, 0.2) is 6.61 Å². The highest BCUT2D eigenvalue weighted by atomic mass is 79.9. The lowest BCUT2D eigenvalue weighted by molar-refractivity contribution is -0.119. The molecule has 0 atom stereocenters. The molecule has 0 saturated heterocycles. The van der Waals surface area contributed by atoms with Crippen LogP contribution in [0.15, 0.2) is 40.9 Å². The lowest BCUT2D eigenvalue weighted by Crippen LogP contribution is -2.21. The van der Waals surface area contributed by atoms with E-state index >= 15 is 0 Å². The van der Waals surface area contributed by atoms with Crippen molar-refractivity contribution in [1.82, 2.24) is 0 Å². The maximum atomic E-state index is 12.1. The second kappa shape index (κ2) is 8.73. The molecule has 6 nitrogen and oxygen atoms in total. The summed E-state index contributed by atoms with van der Waals surface area (Å²) in [7, 11) is 2.93. The molecule has 1 amide bonds. The zero-order valence-electron chi connectivity index (χ0n) is 13.5. The molecule has 25 heavy (non-hydrogen) atoms. The van der Waals surface area contributed by atoms with Gasteiger partial charge in [-0.1, -0.05) is 11.6 Å². The summed E-state index contributed by atoms with van der Waals surface area (Å²) in [4.78, 5) is 24.0. The maximum absolute atomic E-state index is 12.1. The summed E-state index contributed by atoms with van der Waals surface area (Å²) < 4.78 is 15.9. The molecule has 0 saturated carbocycles. The second-order valence-electron chi connectivity index (χ2n) is 4.83. The SMILES string of the molecule is COc1cc(C(=O)OCC(=O)Nc2ccc(Cl)cc2)cc(OC)c1Br. The van der Waals surface area contributed by atoms with Crippen molar-refractivity contribution < 1.29 is 23.8 Å². The largest absolute Gasteiger partial charge is 0.495 e. The second-order valence-corrected chi connectivity index (χ2v) is 6.06. The number of amides is 1. The molecule has 132 valence electrons. The summed E-state index contributed by atoms with van der Waals surface area (Å²) in [6.07, 6.45) is 0. The minimum Gasteiger partial charge on any atom is -0.495 e. The van der Waals surface area contributed by atoms with E-state index in [1.54, 1.807) is 24.3 Å². The first-order valence-electron chi connectivity index (χ1n) is 7.08. The van der Waals surface area contributed by atoms with Gasteiger partial charge in [-0.25, -0.2) is 4.79 Å². The highest BCUT2D eigenvalue weighted by molar-refractivity contribution is 9.10. The van der Waals surface area contributed by atoms with E-state index in [-0.39, 0.29) is 5.56 Å². The van der Waals surface area contributed by atoms with Gasteiger partial charge in [0, 0.05) is 10.7 Å². The molecular weight excluding hydrogens is 414 g/mol. The van der Waals surface area contributed by atoms with E-state index in [0.717, 1.165) is 0 Å². The Balaban J connectivity index is 2.00. The summed E-state index contributed by atoms with van der Waals surface area (Å²) in [5, 5.41) is 3.16. The topological polar surface area (TPSA) is 73.9 Å². The van der Waals surface area contributed by atoms with Crippen LogP contribution in [0.4, 0.5) is 5.69 Å². The van der Waals surface area contributed by atoms with E-state index in [1.807, 2.05) is 0 Å². The van der Waals surface area contributed by atoms with Crippen molar-refractivity contribution in [3.8, 4) is 11.5 Å². The summed E-state index contributed by atoms with van der Waals surface area (Å²) in [5.41, 5.74) is 0.758. The van der Waals surface area contributed by atoms with Gasteiger partial charge in [0.2, 0.25) is 0 Å². The smallest absolute Gasteiger partial charge is 0.338 e. The van der Waals surface area contributed by atoms with Gasteiger partial charge in [-0.3, -0.25) is 4.79 Å². The number of rotatable bonds is 6. The van der Waals surface area contributed by atoms with E-state index in [9.17, 15) is 9.59 Å². The predicted octanol–water partition coefficient (Wildman–Crippen LogP) is 3.92. The van der Waals surface area contributed by atoms with Crippen molar-refractivity contribution in [2.75, 3.05) is 26.1 Å². The fourth-order valence-electron chi connectivity index (χ4n) is 1.93. The average Bonchev–Trinajstić information content (AvgIpc) is 2.61. The van der Waals surface area contributed by atoms with Gasteiger partial charge in [-0.15, -0.1) is 0 Å². The van der Waals surface area contributed by atoms with Crippen molar-refractivity contribution in [1.29, 1.82) is 0 Å². The van der Waals surface area contributed by atoms with E-state index in [2.05, 4.69) is 21.2 Å². The molecule has 0 fully saturated rings. The summed E-state index contributed by atoms with van der Waals surface area (Å²) in [5.74, 6) is -0.309. The number of methoxy groups -OCH3 is 2. The van der Waals surface area contributed by atoms with Crippen LogP contribution in [-0.2, 0) is 9.53 Å². The molecule has 0 bridgehead atoms. The molecule has 0 heterocycles. The number of hydrogen-bond acceptors (Lipinski definition) is 5. The Labute approximate surface area is 158 Å². The number of halogens is 2. The Hall–Kier alpha value is -2.25. The van der Waals surface area contributed by atoms with Crippen LogP contribution in [0, 0.1) is 0 Å². The monoisotopic (exact) mass is 427 g/mol. The number of nitrogens with one attached hydrogen (secondary N) is 1.